The van der Waals surface area contributed by atoms with E-state index < -0.39 is 4.92 Å². The number of non-ortho nitro benzene ring substituents is 1. The Morgan fingerprint density at radius 3 is 2.89 bits per heavy atom. The third-order valence-electron chi connectivity index (χ3n) is 3.02. The van der Waals surface area contributed by atoms with Crippen molar-refractivity contribution in [3.8, 4) is 0 Å². The van der Waals surface area contributed by atoms with Crippen molar-refractivity contribution in [2.24, 2.45) is 0 Å². The molecule has 0 atom stereocenters. The fraction of sp³-hybridized carbons (Fsp3) is 0.417. The molecule has 0 spiro atoms. The highest BCUT2D eigenvalue weighted by molar-refractivity contribution is 9.10. The molecule has 0 saturated carbocycles. The van der Waals surface area contributed by atoms with Crippen LogP contribution in [0.25, 0.3) is 0 Å². The summed E-state index contributed by atoms with van der Waals surface area (Å²) in [5, 5.41) is 14.0. The van der Waals surface area contributed by atoms with E-state index >= 15 is 0 Å². The molecular weight excluding hydrogens is 314 g/mol. The van der Waals surface area contributed by atoms with Crippen molar-refractivity contribution in [3.63, 3.8) is 0 Å². The lowest BCUT2D eigenvalue weighted by atomic mass is 10.1. The van der Waals surface area contributed by atoms with E-state index in [0.29, 0.717) is 23.1 Å². The fourth-order valence-electron chi connectivity index (χ4n) is 2.01. The zero-order valence-corrected chi connectivity index (χ0v) is 11.9. The maximum Gasteiger partial charge on any atom is 0.270 e. The molecule has 1 aliphatic heterocycles. The number of halogens is 1. The minimum Gasteiger partial charge on any atom is -0.337 e. The lowest BCUT2D eigenvalue weighted by molar-refractivity contribution is -0.384. The molecule has 1 saturated heterocycles. The summed E-state index contributed by atoms with van der Waals surface area (Å²) in [7, 11) is 0. The van der Waals surface area contributed by atoms with Crippen molar-refractivity contribution in [1.29, 1.82) is 0 Å². The van der Waals surface area contributed by atoms with Gasteiger partial charge in [0.05, 0.1) is 10.5 Å². The Morgan fingerprint density at radius 2 is 2.16 bits per heavy atom. The van der Waals surface area contributed by atoms with Gasteiger partial charge in [-0.15, -0.1) is 0 Å². The highest BCUT2D eigenvalue weighted by Crippen LogP contribution is 2.24. The summed E-state index contributed by atoms with van der Waals surface area (Å²) in [6.45, 7) is 2.92. The largest absolute Gasteiger partial charge is 0.337 e. The predicted molar refractivity (Wildman–Crippen MR) is 74.2 cm³/mol. The number of hydrogen-bond acceptors (Lipinski definition) is 4. The molecule has 1 amide bonds. The third-order valence-corrected chi connectivity index (χ3v) is 3.71. The molecule has 1 N–H and O–H groups in total. The van der Waals surface area contributed by atoms with Crippen LogP contribution >= 0.6 is 15.9 Å². The highest BCUT2D eigenvalue weighted by Gasteiger charge is 2.21. The summed E-state index contributed by atoms with van der Waals surface area (Å²) in [6, 6.07) is 4.25. The Bertz CT molecular complexity index is 499. The maximum absolute atomic E-state index is 12.4. The average Bonchev–Trinajstić information content (AvgIpc) is 2.67. The molecule has 7 heteroatoms. The smallest absolute Gasteiger partial charge is 0.270 e. The van der Waals surface area contributed by atoms with Crippen LogP contribution in [0, 0.1) is 10.1 Å². The predicted octanol–water partition coefficient (Wildman–Crippen LogP) is 1.79. The molecule has 1 heterocycles. The number of carbonyl (C=O) groups excluding carboxylic acids is 1. The van der Waals surface area contributed by atoms with Crippen LogP contribution in [0.1, 0.15) is 16.8 Å². The molecule has 102 valence electrons. The van der Waals surface area contributed by atoms with Crippen molar-refractivity contribution in [2.75, 3.05) is 26.2 Å². The minimum absolute atomic E-state index is 0.0699. The molecule has 1 fully saturated rings. The standard InChI is InChI=1S/C12H14BrN3O3/c13-11-3-2-9(16(18)19)8-10(11)12(17)15-6-1-4-14-5-7-15/h2-3,8,14H,1,4-7H2. The Balaban J connectivity index is 2.26. The molecule has 0 aliphatic carbocycles. The van der Waals surface area contributed by atoms with E-state index in [1.54, 1.807) is 11.0 Å². The lowest BCUT2D eigenvalue weighted by Crippen LogP contribution is -2.34. The van der Waals surface area contributed by atoms with Crippen LogP contribution in [-0.4, -0.2) is 41.9 Å². The summed E-state index contributed by atoms with van der Waals surface area (Å²) in [5.74, 6) is -0.167. The first-order valence-corrected chi connectivity index (χ1v) is 6.83. The van der Waals surface area contributed by atoms with Gasteiger partial charge in [-0.3, -0.25) is 14.9 Å². The van der Waals surface area contributed by atoms with Crippen LogP contribution in [0.5, 0.6) is 0 Å². The summed E-state index contributed by atoms with van der Waals surface area (Å²) in [4.78, 5) is 24.4. The molecule has 2 rings (SSSR count). The van der Waals surface area contributed by atoms with Crippen molar-refractivity contribution >= 4 is 27.5 Å². The zero-order chi connectivity index (χ0) is 13.8. The second-order valence-electron chi connectivity index (χ2n) is 4.32. The molecule has 19 heavy (non-hydrogen) atoms. The summed E-state index contributed by atoms with van der Waals surface area (Å²) in [5.41, 5.74) is 0.274. The summed E-state index contributed by atoms with van der Waals surface area (Å²) < 4.78 is 0.584. The van der Waals surface area contributed by atoms with E-state index in [-0.39, 0.29) is 11.6 Å². The van der Waals surface area contributed by atoms with Crippen LogP contribution < -0.4 is 5.32 Å². The molecule has 0 bridgehead atoms. The summed E-state index contributed by atoms with van der Waals surface area (Å²) >= 11 is 3.28. The molecule has 1 aromatic rings. The molecule has 6 nitrogen and oxygen atoms in total. The fourth-order valence-corrected chi connectivity index (χ4v) is 2.43. The lowest BCUT2D eigenvalue weighted by Gasteiger charge is -2.20. The molecule has 1 aromatic carbocycles. The zero-order valence-electron chi connectivity index (χ0n) is 10.3. The van der Waals surface area contributed by atoms with E-state index in [1.807, 2.05) is 0 Å². The van der Waals surface area contributed by atoms with Gasteiger partial charge in [-0.05, 0) is 35.0 Å². The van der Waals surface area contributed by atoms with Gasteiger partial charge in [0.25, 0.3) is 11.6 Å². The van der Waals surface area contributed by atoms with Gasteiger partial charge in [0.15, 0.2) is 0 Å². The topological polar surface area (TPSA) is 75.5 Å². The average molecular weight is 328 g/mol. The van der Waals surface area contributed by atoms with Crippen LogP contribution in [0.2, 0.25) is 0 Å². The van der Waals surface area contributed by atoms with E-state index in [2.05, 4.69) is 21.2 Å². The van der Waals surface area contributed by atoms with Crippen molar-refractivity contribution < 1.29 is 9.72 Å². The van der Waals surface area contributed by atoms with Gasteiger partial charge in [-0.1, -0.05) is 0 Å². The van der Waals surface area contributed by atoms with Gasteiger partial charge >= 0.3 is 0 Å². The van der Waals surface area contributed by atoms with Gasteiger partial charge in [-0.25, -0.2) is 0 Å². The van der Waals surface area contributed by atoms with Gasteiger partial charge in [0.2, 0.25) is 0 Å². The first-order valence-electron chi connectivity index (χ1n) is 6.03. The Kier molecular flexibility index (Phi) is 4.49. The second kappa shape index (κ2) is 6.12. The number of nitro benzene ring substituents is 1. The number of nitrogens with one attached hydrogen (secondary N) is 1. The number of nitro groups is 1. The number of carbonyl (C=O) groups is 1. The highest BCUT2D eigenvalue weighted by atomic mass is 79.9. The number of benzene rings is 1. The van der Waals surface area contributed by atoms with E-state index in [0.717, 1.165) is 19.5 Å². The maximum atomic E-state index is 12.4. The minimum atomic E-state index is -0.493. The van der Waals surface area contributed by atoms with Crippen LogP contribution in [0.3, 0.4) is 0 Å². The van der Waals surface area contributed by atoms with Gasteiger partial charge < -0.3 is 10.2 Å². The molecule has 0 aromatic heterocycles. The molecule has 1 aliphatic rings. The monoisotopic (exact) mass is 327 g/mol. The van der Waals surface area contributed by atoms with E-state index in [9.17, 15) is 14.9 Å². The summed E-state index contributed by atoms with van der Waals surface area (Å²) in [6.07, 6.45) is 0.887. The quantitative estimate of drug-likeness (QED) is 0.663. The Labute approximate surface area is 119 Å². The molecule has 0 radical (unpaired) electrons. The molecular formula is C12H14BrN3O3. The van der Waals surface area contributed by atoms with Gasteiger partial charge in [-0.2, -0.15) is 0 Å². The number of amides is 1. The molecule has 0 unspecified atom stereocenters. The third kappa shape index (κ3) is 3.30. The van der Waals surface area contributed by atoms with Crippen molar-refractivity contribution in [1.82, 2.24) is 10.2 Å². The normalized spacial score (nSPS) is 15.9. The number of hydrogen-bond donors (Lipinski definition) is 1. The first kappa shape index (κ1) is 14.0. The SMILES string of the molecule is O=C(c1cc([N+](=O)[O-])ccc1Br)N1CCCNCC1. The number of rotatable bonds is 2. The van der Waals surface area contributed by atoms with Crippen LogP contribution in [0.15, 0.2) is 22.7 Å². The van der Waals surface area contributed by atoms with Crippen LogP contribution in [-0.2, 0) is 0 Å². The van der Waals surface area contributed by atoms with Crippen molar-refractivity contribution in [2.45, 2.75) is 6.42 Å². The van der Waals surface area contributed by atoms with E-state index in [1.165, 1.54) is 12.1 Å². The second-order valence-corrected chi connectivity index (χ2v) is 5.17. The van der Waals surface area contributed by atoms with Gasteiger partial charge in [0.1, 0.15) is 0 Å². The Morgan fingerprint density at radius 1 is 1.37 bits per heavy atom. The van der Waals surface area contributed by atoms with E-state index in [4.69, 9.17) is 0 Å². The first-order chi connectivity index (χ1) is 9.09. The van der Waals surface area contributed by atoms with Crippen LogP contribution in [0.4, 0.5) is 5.69 Å². The van der Waals surface area contributed by atoms with Crippen molar-refractivity contribution in [3.05, 3.63) is 38.3 Å². The van der Waals surface area contributed by atoms with Gasteiger partial charge in [0, 0.05) is 36.2 Å². The number of nitrogens with zero attached hydrogens (tertiary/aromatic N) is 2. The Hall–Kier alpha value is -1.47.